The van der Waals surface area contributed by atoms with E-state index in [0.717, 1.165) is 32.5 Å². The monoisotopic (exact) mass is 370 g/mol. The number of benzene rings is 2. The van der Waals surface area contributed by atoms with Crippen LogP contribution in [-0.4, -0.2) is 34.1 Å². The first kappa shape index (κ1) is 18.3. The van der Waals surface area contributed by atoms with E-state index in [9.17, 15) is 10.1 Å². The molecule has 0 saturated carbocycles. The first-order valence-electron chi connectivity index (χ1n) is 8.68. The summed E-state index contributed by atoms with van der Waals surface area (Å²) in [4.78, 5) is 12.9. The molecule has 0 unspecified atom stereocenters. The molecular weight excluding hydrogens is 348 g/mol. The summed E-state index contributed by atoms with van der Waals surface area (Å²) in [5.74, 6) is 0. The third kappa shape index (κ3) is 5.24. The molecule has 2 aromatic carbocycles. The third-order valence-corrected chi connectivity index (χ3v) is 4.71. The van der Waals surface area contributed by atoms with Crippen molar-refractivity contribution >= 4 is 28.7 Å². The van der Waals surface area contributed by atoms with E-state index in [1.165, 1.54) is 17.7 Å². The molecule has 2 aromatic rings. The van der Waals surface area contributed by atoms with Crippen LogP contribution in [0.4, 0.5) is 11.4 Å². The molecular formula is C19H22N4O2S. The van der Waals surface area contributed by atoms with Gasteiger partial charge in [0.15, 0.2) is 5.11 Å². The van der Waals surface area contributed by atoms with E-state index in [1.807, 2.05) is 6.07 Å². The predicted octanol–water partition coefficient (Wildman–Crippen LogP) is 3.55. The largest absolute Gasteiger partial charge is 0.360 e. The minimum absolute atomic E-state index is 0.0482. The number of nitro benzene ring substituents is 1. The van der Waals surface area contributed by atoms with E-state index >= 15 is 0 Å². The van der Waals surface area contributed by atoms with Gasteiger partial charge in [-0.15, -0.1) is 0 Å². The van der Waals surface area contributed by atoms with Gasteiger partial charge in [-0.3, -0.25) is 15.0 Å². The number of thiocarbonyl (C=S) groups is 1. The molecule has 3 rings (SSSR count). The molecule has 7 heteroatoms. The molecule has 0 spiro atoms. The van der Waals surface area contributed by atoms with Gasteiger partial charge >= 0.3 is 0 Å². The van der Waals surface area contributed by atoms with Gasteiger partial charge in [0.2, 0.25) is 0 Å². The van der Waals surface area contributed by atoms with Gasteiger partial charge in [0.1, 0.15) is 0 Å². The Labute approximate surface area is 158 Å². The summed E-state index contributed by atoms with van der Waals surface area (Å²) in [5.41, 5.74) is 2.01. The van der Waals surface area contributed by atoms with Crippen LogP contribution in [0, 0.1) is 10.1 Å². The molecule has 26 heavy (non-hydrogen) atoms. The lowest BCUT2D eigenvalue weighted by Gasteiger charge is -2.33. The van der Waals surface area contributed by atoms with E-state index in [1.54, 1.807) is 12.1 Å². The number of non-ortho nitro benzene ring substituents is 1. The second-order valence-electron chi connectivity index (χ2n) is 6.44. The summed E-state index contributed by atoms with van der Waals surface area (Å²) >= 11 is 5.35. The number of hydrogen-bond donors (Lipinski definition) is 2. The van der Waals surface area contributed by atoms with Crippen molar-refractivity contribution in [2.45, 2.75) is 25.4 Å². The van der Waals surface area contributed by atoms with Crippen LogP contribution in [0.15, 0.2) is 54.6 Å². The maximum atomic E-state index is 10.8. The SMILES string of the molecule is O=[N+]([O-])c1cccc(NC(=S)NC2CCN(Cc3ccccc3)CC2)c1. The second-order valence-corrected chi connectivity index (χ2v) is 6.85. The van der Waals surface area contributed by atoms with Crippen molar-refractivity contribution in [1.29, 1.82) is 0 Å². The maximum Gasteiger partial charge on any atom is 0.271 e. The van der Waals surface area contributed by atoms with E-state index < -0.39 is 4.92 Å². The van der Waals surface area contributed by atoms with E-state index in [2.05, 4.69) is 39.8 Å². The number of anilines is 1. The molecule has 6 nitrogen and oxygen atoms in total. The molecule has 1 fully saturated rings. The van der Waals surface area contributed by atoms with Crippen molar-refractivity contribution in [1.82, 2.24) is 10.2 Å². The van der Waals surface area contributed by atoms with E-state index in [-0.39, 0.29) is 5.69 Å². The Hall–Kier alpha value is -2.51. The van der Waals surface area contributed by atoms with Gasteiger partial charge in [0.25, 0.3) is 5.69 Å². The van der Waals surface area contributed by atoms with Gasteiger partial charge in [-0.25, -0.2) is 0 Å². The Kier molecular flexibility index (Phi) is 6.14. The van der Waals surface area contributed by atoms with Crippen LogP contribution in [0.3, 0.4) is 0 Å². The Bertz CT molecular complexity index is 761. The Morgan fingerprint density at radius 2 is 1.88 bits per heavy atom. The minimum Gasteiger partial charge on any atom is -0.360 e. The molecule has 136 valence electrons. The lowest BCUT2D eigenvalue weighted by Crippen LogP contribution is -2.45. The summed E-state index contributed by atoms with van der Waals surface area (Å²) in [7, 11) is 0. The summed E-state index contributed by atoms with van der Waals surface area (Å²) in [6, 6.07) is 17.2. The number of nitrogens with one attached hydrogen (secondary N) is 2. The Balaban J connectivity index is 1.45. The van der Waals surface area contributed by atoms with Gasteiger partial charge in [-0.2, -0.15) is 0 Å². The van der Waals surface area contributed by atoms with Gasteiger partial charge in [0.05, 0.1) is 4.92 Å². The van der Waals surface area contributed by atoms with Gasteiger partial charge in [0, 0.05) is 43.5 Å². The number of nitrogens with zero attached hydrogens (tertiary/aromatic N) is 2. The number of nitro groups is 1. The average molecular weight is 370 g/mol. The van der Waals surface area contributed by atoms with Crippen molar-refractivity contribution in [3.8, 4) is 0 Å². The lowest BCUT2D eigenvalue weighted by atomic mass is 10.0. The molecule has 0 radical (unpaired) electrons. The van der Waals surface area contributed by atoms with Crippen molar-refractivity contribution in [3.63, 3.8) is 0 Å². The van der Waals surface area contributed by atoms with Gasteiger partial charge in [-0.05, 0) is 36.7 Å². The van der Waals surface area contributed by atoms with Crippen molar-refractivity contribution in [3.05, 3.63) is 70.3 Å². The molecule has 0 atom stereocenters. The molecule has 1 saturated heterocycles. The van der Waals surface area contributed by atoms with Crippen LogP contribution in [0.1, 0.15) is 18.4 Å². The molecule has 1 aliphatic heterocycles. The fourth-order valence-electron chi connectivity index (χ4n) is 3.13. The highest BCUT2D eigenvalue weighted by Gasteiger charge is 2.20. The minimum atomic E-state index is -0.413. The van der Waals surface area contributed by atoms with Crippen LogP contribution < -0.4 is 10.6 Å². The van der Waals surface area contributed by atoms with Gasteiger partial charge in [-0.1, -0.05) is 36.4 Å². The summed E-state index contributed by atoms with van der Waals surface area (Å²) in [6.45, 7) is 3.02. The predicted molar refractivity (Wildman–Crippen MR) is 107 cm³/mol. The molecule has 1 aliphatic rings. The van der Waals surface area contributed by atoms with Crippen LogP contribution in [0.5, 0.6) is 0 Å². The van der Waals surface area contributed by atoms with Crippen LogP contribution >= 0.6 is 12.2 Å². The highest BCUT2D eigenvalue weighted by atomic mass is 32.1. The molecule has 2 N–H and O–H groups in total. The average Bonchev–Trinajstić information content (AvgIpc) is 2.64. The fraction of sp³-hybridized carbons (Fsp3) is 0.316. The highest BCUT2D eigenvalue weighted by molar-refractivity contribution is 7.80. The topological polar surface area (TPSA) is 70.4 Å². The Morgan fingerprint density at radius 1 is 1.15 bits per heavy atom. The van der Waals surface area contributed by atoms with E-state index in [4.69, 9.17) is 12.2 Å². The van der Waals surface area contributed by atoms with Crippen molar-refractivity contribution in [2.24, 2.45) is 0 Å². The summed E-state index contributed by atoms with van der Waals surface area (Å²) in [6.07, 6.45) is 2.03. The van der Waals surface area contributed by atoms with Crippen molar-refractivity contribution < 1.29 is 4.92 Å². The highest BCUT2D eigenvalue weighted by Crippen LogP contribution is 2.18. The molecule has 1 heterocycles. The molecule has 0 bridgehead atoms. The maximum absolute atomic E-state index is 10.8. The first-order chi connectivity index (χ1) is 12.6. The zero-order chi connectivity index (χ0) is 18.4. The number of hydrogen-bond acceptors (Lipinski definition) is 4. The quantitative estimate of drug-likeness (QED) is 0.477. The summed E-state index contributed by atoms with van der Waals surface area (Å²) in [5, 5.41) is 17.7. The zero-order valence-corrected chi connectivity index (χ0v) is 15.2. The van der Waals surface area contributed by atoms with E-state index in [0.29, 0.717) is 16.8 Å². The molecule has 0 amide bonds. The normalized spacial score (nSPS) is 15.4. The standard InChI is InChI=1S/C19H22N4O2S/c24-23(25)18-8-4-7-17(13-18)21-19(26)20-16-9-11-22(12-10-16)14-15-5-2-1-3-6-15/h1-8,13,16H,9-12,14H2,(H2,20,21,26). The smallest absolute Gasteiger partial charge is 0.271 e. The second kappa shape index (κ2) is 8.73. The fourth-order valence-corrected chi connectivity index (χ4v) is 3.41. The zero-order valence-electron chi connectivity index (χ0n) is 14.4. The van der Waals surface area contributed by atoms with Crippen LogP contribution in [-0.2, 0) is 6.54 Å². The summed E-state index contributed by atoms with van der Waals surface area (Å²) < 4.78 is 0. The van der Waals surface area contributed by atoms with Gasteiger partial charge < -0.3 is 10.6 Å². The third-order valence-electron chi connectivity index (χ3n) is 4.49. The number of likely N-dealkylation sites (tertiary alicyclic amines) is 1. The van der Waals surface area contributed by atoms with Crippen LogP contribution in [0.2, 0.25) is 0 Å². The molecule has 0 aromatic heterocycles. The lowest BCUT2D eigenvalue weighted by molar-refractivity contribution is -0.384. The molecule has 0 aliphatic carbocycles. The van der Waals surface area contributed by atoms with Crippen molar-refractivity contribution in [2.75, 3.05) is 18.4 Å². The Morgan fingerprint density at radius 3 is 2.58 bits per heavy atom. The number of piperidine rings is 1. The number of rotatable bonds is 5. The van der Waals surface area contributed by atoms with Crippen LogP contribution in [0.25, 0.3) is 0 Å². The first-order valence-corrected chi connectivity index (χ1v) is 9.09.